The number of Topliss-reactive ketones (excluding diaryl/α,β-unsaturated/α-hetero) is 1. The van der Waals surface area contributed by atoms with Crippen LogP contribution < -0.4 is 4.74 Å². The van der Waals surface area contributed by atoms with Gasteiger partial charge in [-0.25, -0.2) is 0 Å². The van der Waals surface area contributed by atoms with Gasteiger partial charge in [0.05, 0.1) is 24.3 Å². The molecule has 5 heteroatoms. The third kappa shape index (κ3) is 4.09. The molecule has 0 aromatic heterocycles. The number of likely N-dealkylation sites (tertiary alicyclic amines) is 1. The standard InChI is InChI=1S/C26H31NO4/c1-7-14-27-22(18-11-9-8-10-16(18)2)21(24(29)25(27)30)23(28)19-15-17(26(3,4)5)12-13-20(19)31-6/h8-13,15,22,28H,7,14H2,1-6H3/b23-21+. The molecular formula is C26H31NO4. The predicted molar refractivity (Wildman–Crippen MR) is 122 cm³/mol. The molecule has 1 amide bonds. The zero-order valence-electron chi connectivity index (χ0n) is 19.2. The second-order valence-corrected chi connectivity index (χ2v) is 9.01. The van der Waals surface area contributed by atoms with E-state index in [4.69, 9.17) is 4.74 Å². The molecule has 1 saturated heterocycles. The van der Waals surface area contributed by atoms with Gasteiger partial charge in [0.2, 0.25) is 0 Å². The number of ketones is 1. The molecule has 1 aliphatic rings. The molecule has 31 heavy (non-hydrogen) atoms. The molecule has 3 rings (SSSR count). The van der Waals surface area contributed by atoms with Crippen molar-refractivity contribution in [2.45, 2.75) is 52.5 Å². The number of benzene rings is 2. The molecule has 1 fully saturated rings. The summed E-state index contributed by atoms with van der Waals surface area (Å²) in [7, 11) is 1.53. The van der Waals surface area contributed by atoms with Crippen molar-refractivity contribution in [3.63, 3.8) is 0 Å². The molecule has 2 aromatic carbocycles. The summed E-state index contributed by atoms with van der Waals surface area (Å²) in [6.07, 6.45) is 0.707. The number of nitrogens with zero attached hydrogens (tertiary/aromatic N) is 1. The fourth-order valence-corrected chi connectivity index (χ4v) is 4.07. The van der Waals surface area contributed by atoms with Crippen molar-refractivity contribution >= 4 is 17.4 Å². The zero-order valence-corrected chi connectivity index (χ0v) is 19.2. The Balaban J connectivity index is 2.30. The van der Waals surface area contributed by atoms with E-state index < -0.39 is 17.7 Å². The minimum absolute atomic E-state index is 0.108. The van der Waals surface area contributed by atoms with E-state index in [2.05, 4.69) is 20.8 Å². The fourth-order valence-electron chi connectivity index (χ4n) is 4.07. The third-order valence-electron chi connectivity index (χ3n) is 5.81. The van der Waals surface area contributed by atoms with Crippen LogP contribution in [0.5, 0.6) is 5.75 Å². The molecule has 1 N–H and O–H groups in total. The largest absolute Gasteiger partial charge is 0.507 e. The van der Waals surface area contributed by atoms with Gasteiger partial charge in [-0.2, -0.15) is 0 Å². The summed E-state index contributed by atoms with van der Waals surface area (Å²) >= 11 is 0. The molecule has 5 nitrogen and oxygen atoms in total. The van der Waals surface area contributed by atoms with E-state index in [1.165, 1.54) is 7.11 Å². The first-order valence-electron chi connectivity index (χ1n) is 10.6. The molecule has 1 atom stereocenters. The number of methoxy groups -OCH3 is 1. The van der Waals surface area contributed by atoms with Gasteiger partial charge < -0.3 is 14.7 Å². The van der Waals surface area contributed by atoms with Crippen LogP contribution in [0.3, 0.4) is 0 Å². The zero-order chi connectivity index (χ0) is 22.9. The van der Waals surface area contributed by atoms with Gasteiger partial charge in [-0.3, -0.25) is 9.59 Å². The van der Waals surface area contributed by atoms with Gasteiger partial charge in [0.1, 0.15) is 11.5 Å². The maximum Gasteiger partial charge on any atom is 0.295 e. The van der Waals surface area contributed by atoms with Crippen molar-refractivity contribution in [1.29, 1.82) is 0 Å². The van der Waals surface area contributed by atoms with Crippen LogP contribution in [-0.2, 0) is 15.0 Å². The smallest absolute Gasteiger partial charge is 0.295 e. The van der Waals surface area contributed by atoms with Crippen molar-refractivity contribution < 1.29 is 19.4 Å². The van der Waals surface area contributed by atoms with E-state index >= 15 is 0 Å². The molecule has 1 heterocycles. The van der Waals surface area contributed by atoms with Crippen molar-refractivity contribution in [2.24, 2.45) is 0 Å². The van der Waals surface area contributed by atoms with E-state index in [1.807, 2.05) is 50.2 Å². The van der Waals surface area contributed by atoms with Gasteiger partial charge in [-0.1, -0.05) is 58.0 Å². The van der Waals surface area contributed by atoms with Gasteiger partial charge in [0.15, 0.2) is 0 Å². The average molecular weight is 422 g/mol. The molecule has 164 valence electrons. The number of aliphatic hydroxyl groups is 1. The molecule has 0 aliphatic carbocycles. The number of hydrogen-bond donors (Lipinski definition) is 1. The highest BCUT2D eigenvalue weighted by molar-refractivity contribution is 6.46. The van der Waals surface area contributed by atoms with Crippen molar-refractivity contribution in [2.75, 3.05) is 13.7 Å². The molecule has 0 radical (unpaired) electrons. The van der Waals surface area contributed by atoms with Gasteiger partial charge >= 0.3 is 0 Å². The van der Waals surface area contributed by atoms with Crippen LogP contribution >= 0.6 is 0 Å². The number of carbonyl (C=O) groups excluding carboxylic acids is 2. The number of aryl methyl sites for hydroxylation is 1. The Bertz CT molecular complexity index is 1050. The fraction of sp³-hybridized carbons (Fsp3) is 0.385. The quantitative estimate of drug-likeness (QED) is 0.413. The van der Waals surface area contributed by atoms with E-state index in [0.29, 0.717) is 24.3 Å². The topological polar surface area (TPSA) is 66.8 Å². The lowest BCUT2D eigenvalue weighted by atomic mass is 9.85. The summed E-state index contributed by atoms with van der Waals surface area (Å²) in [6.45, 7) is 10.6. The molecule has 0 saturated carbocycles. The van der Waals surface area contributed by atoms with Crippen molar-refractivity contribution in [3.8, 4) is 5.75 Å². The van der Waals surface area contributed by atoms with E-state index in [9.17, 15) is 14.7 Å². The Morgan fingerprint density at radius 3 is 2.39 bits per heavy atom. The summed E-state index contributed by atoms with van der Waals surface area (Å²) < 4.78 is 5.49. The normalized spacial score (nSPS) is 18.5. The predicted octanol–water partition coefficient (Wildman–Crippen LogP) is 5.13. The van der Waals surface area contributed by atoms with Gasteiger partial charge in [0.25, 0.3) is 11.7 Å². The Morgan fingerprint density at radius 2 is 1.81 bits per heavy atom. The number of carbonyl (C=O) groups is 2. The summed E-state index contributed by atoms with van der Waals surface area (Å²) in [5.41, 5.74) is 3.15. The minimum atomic E-state index is -0.664. The van der Waals surface area contributed by atoms with E-state index in [1.54, 1.807) is 11.0 Å². The Labute approximate surface area is 184 Å². The van der Waals surface area contributed by atoms with Crippen LogP contribution in [0.4, 0.5) is 0 Å². The Kier molecular flexibility index (Phi) is 6.25. The first-order chi connectivity index (χ1) is 14.6. The molecular weight excluding hydrogens is 390 g/mol. The van der Waals surface area contributed by atoms with Crippen LogP contribution in [0.2, 0.25) is 0 Å². The van der Waals surface area contributed by atoms with Crippen LogP contribution in [0.15, 0.2) is 48.0 Å². The molecule has 0 spiro atoms. The maximum absolute atomic E-state index is 13.1. The van der Waals surface area contributed by atoms with E-state index in [0.717, 1.165) is 16.7 Å². The number of hydrogen-bond acceptors (Lipinski definition) is 4. The number of rotatable bonds is 5. The first kappa shape index (κ1) is 22.6. The van der Waals surface area contributed by atoms with Crippen LogP contribution in [0.25, 0.3) is 5.76 Å². The minimum Gasteiger partial charge on any atom is -0.507 e. The average Bonchev–Trinajstić information content (AvgIpc) is 2.97. The van der Waals surface area contributed by atoms with Gasteiger partial charge in [-0.15, -0.1) is 0 Å². The molecule has 0 bridgehead atoms. The summed E-state index contributed by atoms with van der Waals surface area (Å²) in [6, 6.07) is 12.6. The highest BCUT2D eigenvalue weighted by Gasteiger charge is 2.46. The summed E-state index contributed by atoms with van der Waals surface area (Å²) in [5, 5.41) is 11.4. The third-order valence-corrected chi connectivity index (χ3v) is 5.81. The van der Waals surface area contributed by atoms with Crippen LogP contribution in [0, 0.1) is 6.92 Å². The lowest BCUT2D eigenvalue weighted by Crippen LogP contribution is -2.30. The second-order valence-electron chi connectivity index (χ2n) is 9.01. The lowest BCUT2D eigenvalue weighted by Gasteiger charge is -2.26. The Morgan fingerprint density at radius 1 is 1.13 bits per heavy atom. The van der Waals surface area contributed by atoms with Crippen molar-refractivity contribution in [3.05, 3.63) is 70.3 Å². The van der Waals surface area contributed by atoms with Crippen LogP contribution in [0.1, 0.15) is 62.4 Å². The van der Waals surface area contributed by atoms with Gasteiger partial charge in [0, 0.05) is 6.54 Å². The second kappa shape index (κ2) is 8.58. The van der Waals surface area contributed by atoms with E-state index in [-0.39, 0.29) is 16.7 Å². The number of aliphatic hydroxyl groups excluding tert-OH is 1. The summed E-state index contributed by atoms with van der Waals surface area (Å²) in [5.74, 6) is -0.992. The number of ether oxygens (including phenoxy) is 1. The lowest BCUT2D eigenvalue weighted by molar-refractivity contribution is -0.139. The summed E-state index contributed by atoms with van der Waals surface area (Å²) in [4.78, 5) is 27.6. The van der Waals surface area contributed by atoms with Crippen LogP contribution in [-0.4, -0.2) is 35.4 Å². The van der Waals surface area contributed by atoms with Crippen molar-refractivity contribution in [1.82, 2.24) is 4.90 Å². The molecule has 1 unspecified atom stereocenters. The highest BCUT2D eigenvalue weighted by atomic mass is 16.5. The number of amides is 1. The SMILES string of the molecule is CCCN1C(=O)C(=O)/C(=C(/O)c2cc(C(C)(C)C)ccc2OC)C1c1ccccc1C. The highest BCUT2D eigenvalue weighted by Crippen LogP contribution is 2.42. The molecule has 2 aromatic rings. The maximum atomic E-state index is 13.1. The first-order valence-corrected chi connectivity index (χ1v) is 10.6. The monoisotopic (exact) mass is 421 g/mol. The Hall–Kier alpha value is -3.08. The molecule has 1 aliphatic heterocycles. The van der Waals surface area contributed by atoms with Gasteiger partial charge in [-0.05, 0) is 47.6 Å².